The molecule has 0 aliphatic rings. The lowest BCUT2D eigenvalue weighted by atomic mass is 10.1. The lowest BCUT2D eigenvalue weighted by Crippen LogP contribution is -2.37. The molecule has 0 bridgehead atoms. The van der Waals surface area contributed by atoms with Crippen LogP contribution in [0.5, 0.6) is 0 Å². The molecule has 9 heteroatoms. The molecule has 338 valence electrons. The fraction of sp³-hybridized carbons (Fsp3) is 0.660. The van der Waals surface area contributed by atoms with E-state index in [-0.39, 0.29) is 26.2 Å². The van der Waals surface area contributed by atoms with Gasteiger partial charge in [-0.05, 0) is 77.0 Å². The Morgan fingerprint density at radius 3 is 1.47 bits per heavy atom. The van der Waals surface area contributed by atoms with Gasteiger partial charge < -0.3 is 27.9 Å². The molecule has 0 aromatic heterocycles. The zero-order chi connectivity index (χ0) is 43.4. The third-order valence-corrected chi connectivity index (χ3v) is 10.1. The Morgan fingerprint density at radius 1 is 0.542 bits per heavy atom. The molecule has 0 aliphatic heterocycles. The molecule has 2 unspecified atom stereocenters. The van der Waals surface area contributed by atoms with E-state index in [0.29, 0.717) is 24.1 Å². The smallest absolute Gasteiger partial charge is 0.310 e. The van der Waals surface area contributed by atoms with Crippen molar-refractivity contribution in [3.8, 4) is 0 Å². The number of carbonyl (C=O) groups is 1. The number of hydrogen-bond acceptors (Lipinski definition) is 7. The maximum absolute atomic E-state index is 12.6. The molecule has 0 aromatic rings. The maximum atomic E-state index is 12.6. The minimum atomic E-state index is -4.56. The summed E-state index contributed by atoms with van der Waals surface area (Å²) in [6, 6.07) is 0. The van der Waals surface area contributed by atoms with E-state index in [0.717, 1.165) is 64.2 Å². The van der Waals surface area contributed by atoms with Crippen LogP contribution in [0.3, 0.4) is 0 Å². The SMILES string of the molecule is CC/C=C\C/C=C\C/C=C\C/C=C\C/C=C\CC(=O)OC(COCCCCCCCCC/C=C\C/C=C\C/C=C\CCCCCCC)COP(=O)([O-])OCC[N+](C)(C)C. The Bertz CT molecular complexity index is 1260. The number of carbonyl (C=O) groups excluding carboxylic acids is 1. The van der Waals surface area contributed by atoms with E-state index in [1.54, 1.807) is 6.08 Å². The van der Waals surface area contributed by atoms with Gasteiger partial charge in [-0.1, -0.05) is 169 Å². The Labute approximate surface area is 362 Å². The number of phosphoric ester groups is 1. The molecule has 0 fully saturated rings. The highest BCUT2D eigenvalue weighted by Crippen LogP contribution is 2.38. The van der Waals surface area contributed by atoms with Gasteiger partial charge in [0.2, 0.25) is 0 Å². The molecule has 0 spiro atoms. The lowest BCUT2D eigenvalue weighted by Gasteiger charge is -2.28. The summed E-state index contributed by atoms with van der Waals surface area (Å²) < 4.78 is 34.5. The lowest BCUT2D eigenvalue weighted by molar-refractivity contribution is -0.870. The second-order valence-corrected chi connectivity index (χ2v) is 17.5. The van der Waals surface area contributed by atoms with E-state index >= 15 is 0 Å². The molecule has 0 radical (unpaired) electrons. The van der Waals surface area contributed by atoms with Crippen molar-refractivity contribution in [2.75, 3.05) is 54.1 Å². The second kappa shape index (κ2) is 42.1. The van der Waals surface area contributed by atoms with Gasteiger partial charge in [0.05, 0.1) is 40.8 Å². The van der Waals surface area contributed by atoms with Crippen LogP contribution in [-0.2, 0) is 27.9 Å². The van der Waals surface area contributed by atoms with Crippen molar-refractivity contribution in [1.29, 1.82) is 0 Å². The standard InChI is InChI=1S/C50H86NO7P/c1-6-8-10-12-14-16-18-20-22-23-24-25-26-27-28-30-32-34-36-38-40-42-45-55-47-49(48-57-59(53,54)56-46-44-51(3,4)5)58-50(52)43-41-39-37-35-33-31-29-21-19-17-15-13-11-9-7-2/h9,11,15,17-18,20-21,23-24,26-27,29,33,35,39,41,49H,6-8,10,12-14,16,19,22,25,28,30-32,34,36-38,40,42-48H2,1-5H3/b11-9-,17-15-,20-18-,24-23-,27-26-,29-21-,35-33-,41-39-. The van der Waals surface area contributed by atoms with Crippen LogP contribution in [0, 0.1) is 0 Å². The third kappa shape index (κ3) is 46.3. The fourth-order valence-electron chi connectivity index (χ4n) is 5.63. The van der Waals surface area contributed by atoms with Crippen LogP contribution < -0.4 is 4.89 Å². The summed E-state index contributed by atoms with van der Waals surface area (Å²) in [4.78, 5) is 25.0. The molecule has 0 saturated carbocycles. The molecule has 0 aliphatic carbocycles. The predicted octanol–water partition coefficient (Wildman–Crippen LogP) is 13.2. The van der Waals surface area contributed by atoms with Gasteiger partial charge in [-0.15, -0.1) is 0 Å². The maximum Gasteiger partial charge on any atom is 0.310 e. The van der Waals surface area contributed by atoms with Crippen LogP contribution in [-0.4, -0.2) is 70.7 Å². The largest absolute Gasteiger partial charge is 0.756 e. The molecule has 0 aromatic carbocycles. The van der Waals surface area contributed by atoms with Gasteiger partial charge in [0.15, 0.2) is 0 Å². The number of likely N-dealkylation sites (N-methyl/N-ethyl adjacent to an activating group) is 1. The molecule has 2 atom stereocenters. The molecule has 0 amide bonds. The predicted molar refractivity (Wildman–Crippen MR) is 249 cm³/mol. The molecule has 8 nitrogen and oxygen atoms in total. The van der Waals surface area contributed by atoms with E-state index in [1.165, 1.54) is 64.2 Å². The molecule has 0 saturated heterocycles. The number of unbranched alkanes of at least 4 members (excludes halogenated alkanes) is 12. The number of quaternary nitrogens is 1. The summed E-state index contributed by atoms with van der Waals surface area (Å²) in [6.07, 6.45) is 57.4. The van der Waals surface area contributed by atoms with Crippen molar-refractivity contribution in [3.63, 3.8) is 0 Å². The summed E-state index contributed by atoms with van der Waals surface area (Å²) in [5.74, 6) is -0.468. The molecule has 0 rings (SSSR count). The summed E-state index contributed by atoms with van der Waals surface area (Å²) in [6.45, 7) is 5.10. The summed E-state index contributed by atoms with van der Waals surface area (Å²) in [5, 5.41) is 0. The normalized spacial score (nSPS) is 14.6. The van der Waals surface area contributed by atoms with E-state index in [2.05, 4.69) is 98.9 Å². The first-order valence-electron chi connectivity index (χ1n) is 23.0. The minimum absolute atomic E-state index is 0.00198. The van der Waals surface area contributed by atoms with Gasteiger partial charge in [0, 0.05) is 6.61 Å². The highest BCUT2D eigenvalue weighted by molar-refractivity contribution is 7.45. The Kier molecular flexibility index (Phi) is 40.3. The number of ether oxygens (including phenoxy) is 2. The van der Waals surface area contributed by atoms with Crippen LogP contribution in [0.1, 0.15) is 155 Å². The zero-order valence-corrected chi connectivity index (χ0v) is 39.1. The third-order valence-electron chi connectivity index (χ3n) is 9.15. The van der Waals surface area contributed by atoms with Crippen LogP contribution in [0.2, 0.25) is 0 Å². The van der Waals surface area contributed by atoms with Gasteiger partial charge in [-0.2, -0.15) is 0 Å². The molecule has 0 heterocycles. The number of phosphoric acid groups is 1. The Morgan fingerprint density at radius 2 is 0.983 bits per heavy atom. The van der Waals surface area contributed by atoms with E-state index in [9.17, 15) is 14.3 Å². The van der Waals surface area contributed by atoms with Crippen molar-refractivity contribution in [3.05, 3.63) is 97.2 Å². The summed E-state index contributed by atoms with van der Waals surface area (Å²) in [7, 11) is 1.28. The summed E-state index contributed by atoms with van der Waals surface area (Å²) >= 11 is 0. The highest BCUT2D eigenvalue weighted by atomic mass is 31.2. The molecule has 59 heavy (non-hydrogen) atoms. The van der Waals surface area contributed by atoms with E-state index in [1.807, 2.05) is 27.2 Å². The first-order chi connectivity index (χ1) is 28.6. The molecular weight excluding hydrogens is 758 g/mol. The number of rotatable bonds is 41. The van der Waals surface area contributed by atoms with Gasteiger partial charge >= 0.3 is 5.97 Å². The van der Waals surface area contributed by atoms with Gasteiger partial charge in [-0.25, -0.2) is 0 Å². The Hall–Kier alpha value is -2.58. The average molecular weight is 844 g/mol. The van der Waals surface area contributed by atoms with Crippen molar-refractivity contribution in [1.82, 2.24) is 0 Å². The molecular formula is C50H86NO7P. The number of esters is 1. The van der Waals surface area contributed by atoms with Crippen LogP contribution in [0.4, 0.5) is 0 Å². The van der Waals surface area contributed by atoms with Crippen molar-refractivity contribution >= 4 is 13.8 Å². The van der Waals surface area contributed by atoms with Crippen molar-refractivity contribution in [2.45, 2.75) is 161 Å². The average Bonchev–Trinajstić information content (AvgIpc) is 3.19. The second-order valence-electron chi connectivity index (χ2n) is 16.0. The number of hydrogen-bond donors (Lipinski definition) is 0. The van der Waals surface area contributed by atoms with E-state index in [4.69, 9.17) is 18.5 Å². The van der Waals surface area contributed by atoms with E-state index < -0.39 is 19.9 Å². The first-order valence-corrected chi connectivity index (χ1v) is 24.4. The first kappa shape index (κ1) is 56.4. The quantitative estimate of drug-likeness (QED) is 0.0199. The van der Waals surface area contributed by atoms with Gasteiger partial charge in [0.1, 0.15) is 19.3 Å². The van der Waals surface area contributed by atoms with Gasteiger partial charge in [-0.3, -0.25) is 9.36 Å². The van der Waals surface area contributed by atoms with Crippen molar-refractivity contribution < 1.29 is 37.3 Å². The summed E-state index contributed by atoms with van der Waals surface area (Å²) in [5.41, 5.74) is 0. The van der Waals surface area contributed by atoms with Crippen LogP contribution in [0.25, 0.3) is 0 Å². The number of allylic oxidation sites excluding steroid dienone is 15. The van der Waals surface area contributed by atoms with Gasteiger partial charge in [0.25, 0.3) is 7.82 Å². The number of nitrogens with zero attached hydrogens (tertiary/aromatic N) is 1. The Balaban J connectivity index is 4.34. The topological polar surface area (TPSA) is 94.1 Å². The fourth-order valence-corrected chi connectivity index (χ4v) is 6.36. The van der Waals surface area contributed by atoms with Crippen LogP contribution in [0.15, 0.2) is 97.2 Å². The van der Waals surface area contributed by atoms with Crippen molar-refractivity contribution in [2.24, 2.45) is 0 Å². The molecule has 0 N–H and O–H groups in total. The zero-order valence-electron chi connectivity index (χ0n) is 38.2. The van der Waals surface area contributed by atoms with Crippen LogP contribution >= 0.6 is 7.82 Å². The highest BCUT2D eigenvalue weighted by Gasteiger charge is 2.20. The minimum Gasteiger partial charge on any atom is -0.756 e. The monoisotopic (exact) mass is 844 g/mol.